The SMILES string of the molecule is COc1ccc(Nc2cc(-c3ccccn3)nc(NC3CC3)n2)cc1C(F)(F)F. The molecule has 29 heavy (non-hydrogen) atoms. The minimum Gasteiger partial charge on any atom is -0.496 e. The molecule has 2 heterocycles. The summed E-state index contributed by atoms with van der Waals surface area (Å²) in [5.41, 5.74) is 0.583. The van der Waals surface area contributed by atoms with Gasteiger partial charge in [-0.1, -0.05) is 6.07 Å². The molecule has 0 atom stereocenters. The van der Waals surface area contributed by atoms with Crippen molar-refractivity contribution in [2.45, 2.75) is 25.1 Å². The third-order valence-electron chi connectivity index (χ3n) is 4.34. The van der Waals surface area contributed by atoms with Gasteiger partial charge >= 0.3 is 6.18 Å². The van der Waals surface area contributed by atoms with E-state index in [2.05, 4.69) is 25.6 Å². The fourth-order valence-electron chi connectivity index (χ4n) is 2.79. The first-order valence-corrected chi connectivity index (χ1v) is 9.01. The van der Waals surface area contributed by atoms with Gasteiger partial charge in [-0.05, 0) is 43.2 Å². The van der Waals surface area contributed by atoms with E-state index < -0.39 is 11.7 Å². The van der Waals surface area contributed by atoms with Crippen LogP contribution < -0.4 is 15.4 Å². The molecule has 6 nitrogen and oxygen atoms in total. The maximum Gasteiger partial charge on any atom is 0.420 e. The molecule has 1 aliphatic carbocycles. The van der Waals surface area contributed by atoms with Crippen LogP contribution in [0.15, 0.2) is 48.7 Å². The zero-order chi connectivity index (χ0) is 20.4. The van der Waals surface area contributed by atoms with Crippen LogP contribution in [0.1, 0.15) is 18.4 Å². The molecular weight excluding hydrogens is 383 g/mol. The van der Waals surface area contributed by atoms with Gasteiger partial charge in [0.2, 0.25) is 5.95 Å². The summed E-state index contributed by atoms with van der Waals surface area (Å²) in [4.78, 5) is 13.2. The molecule has 0 bridgehead atoms. The third-order valence-corrected chi connectivity index (χ3v) is 4.34. The number of methoxy groups -OCH3 is 1. The van der Waals surface area contributed by atoms with Crippen LogP contribution in [0.25, 0.3) is 11.4 Å². The molecule has 0 amide bonds. The van der Waals surface area contributed by atoms with Crippen LogP contribution in [0, 0.1) is 0 Å². The van der Waals surface area contributed by atoms with Gasteiger partial charge in [0.25, 0.3) is 0 Å². The van der Waals surface area contributed by atoms with Gasteiger partial charge in [-0.25, -0.2) is 4.98 Å². The Labute approximate surface area is 165 Å². The monoisotopic (exact) mass is 401 g/mol. The summed E-state index contributed by atoms with van der Waals surface area (Å²) in [6.45, 7) is 0. The minimum atomic E-state index is -4.54. The summed E-state index contributed by atoms with van der Waals surface area (Å²) in [6.07, 6.45) is -0.815. The van der Waals surface area contributed by atoms with Gasteiger partial charge in [-0.3, -0.25) is 4.98 Å². The molecule has 2 N–H and O–H groups in total. The van der Waals surface area contributed by atoms with E-state index in [-0.39, 0.29) is 11.4 Å². The Morgan fingerprint density at radius 3 is 2.52 bits per heavy atom. The number of ether oxygens (including phenoxy) is 1. The van der Waals surface area contributed by atoms with Gasteiger partial charge < -0.3 is 15.4 Å². The van der Waals surface area contributed by atoms with Crippen molar-refractivity contribution in [2.24, 2.45) is 0 Å². The van der Waals surface area contributed by atoms with Crippen molar-refractivity contribution in [1.82, 2.24) is 15.0 Å². The fraction of sp³-hybridized carbons (Fsp3) is 0.250. The Morgan fingerprint density at radius 2 is 1.86 bits per heavy atom. The number of hydrogen-bond donors (Lipinski definition) is 2. The van der Waals surface area contributed by atoms with Crippen molar-refractivity contribution in [1.29, 1.82) is 0 Å². The Kier molecular flexibility index (Phi) is 4.96. The number of hydrogen-bond acceptors (Lipinski definition) is 6. The lowest BCUT2D eigenvalue weighted by atomic mass is 10.1. The van der Waals surface area contributed by atoms with Crippen LogP contribution in [0.2, 0.25) is 0 Å². The van der Waals surface area contributed by atoms with E-state index in [0.717, 1.165) is 18.9 Å². The first kappa shape index (κ1) is 19.0. The molecule has 0 saturated heterocycles. The topological polar surface area (TPSA) is 72.0 Å². The summed E-state index contributed by atoms with van der Waals surface area (Å²) in [7, 11) is 1.21. The van der Waals surface area contributed by atoms with Crippen molar-refractivity contribution < 1.29 is 17.9 Å². The van der Waals surface area contributed by atoms with Crippen molar-refractivity contribution in [3.8, 4) is 17.1 Å². The molecule has 0 spiro atoms. The normalized spacial score (nSPS) is 13.8. The van der Waals surface area contributed by atoms with Crippen LogP contribution in [-0.2, 0) is 6.18 Å². The lowest BCUT2D eigenvalue weighted by Crippen LogP contribution is -2.09. The fourth-order valence-corrected chi connectivity index (χ4v) is 2.79. The number of aromatic nitrogens is 3. The lowest BCUT2D eigenvalue weighted by Gasteiger charge is -2.15. The number of halogens is 3. The second-order valence-corrected chi connectivity index (χ2v) is 6.63. The predicted octanol–water partition coefficient (Wildman–Crippen LogP) is 4.88. The summed E-state index contributed by atoms with van der Waals surface area (Å²) in [5, 5.41) is 6.15. The predicted molar refractivity (Wildman–Crippen MR) is 103 cm³/mol. The Bertz CT molecular complexity index is 1010. The molecule has 150 valence electrons. The molecule has 9 heteroatoms. The zero-order valence-electron chi connectivity index (χ0n) is 15.5. The summed E-state index contributed by atoms with van der Waals surface area (Å²) < 4.78 is 44.7. The molecule has 2 aromatic heterocycles. The molecular formula is C20H18F3N5O. The summed E-state index contributed by atoms with van der Waals surface area (Å²) >= 11 is 0. The van der Waals surface area contributed by atoms with Gasteiger partial charge in [0.05, 0.1) is 24.1 Å². The van der Waals surface area contributed by atoms with Gasteiger partial charge in [0.1, 0.15) is 11.6 Å². The van der Waals surface area contributed by atoms with Crippen LogP contribution >= 0.6 is 0 Å². The summed E-state index contributed by atoms with van der Waals surface area (Å²) in [5.74, 6) is 0.529. The number of nitrogens with zero attached hydrogens (tertiary/aromatic N) is 3. The quantitative estimate of drug-likeness (QED) is 0.613. The van der Waals surface area contributed by atoms with E-state index in [1.165, 1.54) is 19.2 Å². The summed E-state index contributed by atoms with van der Waals surface area (Å²) in [6, 6.07) is 11.2. The number of alkyl halides is 3. The van der Waals surface area contributed by atoms with Crippen molar-refractivity contribution >= 4 is 17.5 Å². The second kappa shape index (κ2) is 7.57. The molecule has 1 fully saturated rings. The standard InChI is InChI=1S/C20H18F3N5O/c1-29-17-8-7-13(10-14(17)20(21,22)23)25-18-11-16(15-4-2-3-9-24-15)27-19(28-18)26-12-5-6-12/h2-4,7-12H,5-6H2,1H3,(H2,25,26,27,28). The lowest BCUT2D eigenvalue weighted by molar-refractivity contribution is -0.138. The highest BCUT2D eigenvalue weighted by molar-refractivity contribution is 5.66. The molecule has 0 radical (unpaired) electrons. The van der Waals surface area contributed by atoms with E-state index >= 15 is 0 Å². The van der Waals surface area contributed by atoms with Crippen molar-refractivity contribution in [3.63, 3.8) is 0 Å². The van der Waals surface area contributed by atoms with Crippen molar-refractivity contribution in [2.75, 3.05) is 17.7 Å². The van der Waals surface area contributed by atoms with Crippen LogP contribution in [-0.4, -0.2) is 28.1 Å². The first-order valence-electron chi connectivity index (χ1n) is 9.01. The van der Waals surface area contributed by atoms with Gasteiger partial charge in [0, 0.05) is 24.0 Å². The van der Waals surface area contributed by atoms with E-state index in [0.29, 0.717) is 29.2 Å². The number of benzene rings is 1. The number of anilines is 3. The maximum atomic E-state index is 13.3. The largest absolute Gasteiger partial charge is 0.496 e. The smallest absolute Gasteiger partial charge is 0.420 e. The highest BCUT2D eigenvalue weighted by Gasteiger charge is 2.34. The molecule has 4 rings (SSSR count). The van der Waals surface area contributed by atoms with Crippen LogP contribution in [0.5, 0.6) is 5.75 Å². The Morgan fingerprint density at radius 1 is 1.03 bits per heavy atom. The van der Waals surface area contributed by atoms with Gasteiger partial charge in [-0.2, -0.15) is 18.2 Å². The number of pyridine rings is 1. The van der Waals surface area contributed by atoms with Crippen LogP contribution in [0.4, 0.5) is 30.6 Å². The Hall–Kier alpha value is -3.36. The maximum absolute atomic E-state index is 13.3. The Balaban J connectivity index is 1.69. The number of rotatable bonds is 6. The highest BCUT2D eigenvalue weighted by Crippen LogP contribution is 2.38. The van der Waals surface area contributed by atoms with Gasteiger partial charge in [-0.15, -0.1) is 0 Å². The van der Waals surface area contributed by atoms with E-state index in [1.807, 2.05) is 12.1 Å². The second-order valence-electron chi connectivity index (χ2n) is 6.63. The molecule has 1 aliphatic rings. The van der Waals surface area contributed by atoms with Gasteiger partial charge in [0.15, 0.2) is 0 Å². The van der Waals surface area contributed by atoms with E-state index in [4.69, 9.17) is 4.74 Å². The van der Waals surface area contributed by atoms with Crippen LogP contribution in [0.3, 0.4) is 0 Å². The highest BCUT2D eigenvalue weighted by atomic mass is 19.4. The average Bonchev–Trinajstić information content (AvgIpc) is 3.52. The van der Waals surface area contributed by atoms with Crippen molar-refractivity contribution in [3.05, 3.63) is 54.2 Å². The molecule has 1 aromatic carbocycles. The first-order chi connectivity index (χ1) is 13.9. The third kappa shape index (κ3) is 4.56. The molecule has 1 saturated carbocycles. The number of nitrogens with one attached hydrogen (secondary N) is 2. The molecule has 0 aliphatic heterocycles. The zero-order valence-corrected chi connectivity index (χ0v) is 15.5. The van der Waals surface area contributed by atoms with E-state index in [9.17, 15) is 13.2 Å². The minimum absolute atomic E-state index is 0.237. The average molecular weight is 401 g/mol. The van der Waals surface area contributed by atoms with E-state index in [1.54, 1.807) is 18.3 Å². The molecule has 0 unspecified atom stereocenters. The molecule has 3 aromatic rings.